The van der Waals surface area contributed by atoms with Gasteiger partial charge in [0.15, 0.2) is 0 Å². The number of aryl methyl sites for hydroxylation is 1. The van der Waals surface area contributed by atoms with Crippen molar-refractivity contribution in [2.75, 3.05) is 19.0 Å². The fraction of sp³-hybridized carbons (Fsp3) is 0.250. The van der Waals surface area contributed by atoms with Crippen molar-refractivity contribution < 1.29 is 4.39 Å². The molecule has 2 aromatic rings. The highest BCUT2D eigenvalue weighted by Crippen LogP contribution is 2.26. The highest BCUT2D eigenvalue weighted by molar-refractivity contribution is 5.48. The number of hydrogen-bond donors (Lipinski definition) is 2. The Morgan fingerprint density at radius 3 is 2.30 bits per heavy atom. The molecule has 0 amide bonds. The zero-order valence-corrected chi connectivity index (χ0v) is 12.0. The summed E-state index contributed by atoms with van der Waals surface area (Å²) < 4.78 is 13.5. The van der Waals surface area contributed by atoms with Crippen LogP contribution in [0.25, 0.3) is 0 Å². The van der Waals surface area contributed by atoms with Crippen molar-refractivity contribution in [1.82, 2.24) is 5.43 Å². The number of hydrogen-bond acceptors (Lipinski definition) is 3. The number of halogens is 1. The smallest absolute Gasteiger partial charge is 0.123 e. The van der Waals surface area contributed by atoms with E-state index in [2.05, 4.69) is 5.43 Å². The summed E-state index contributed by atoms with van der Waals surface area (Å²) >= 11 is 0. The van der Waals surface area contributed by atoms with Crippen LogP contribution in [0, 0.1) is 12.7 Å². The predicted octanol–water partition coefficient (Wildman–Crippen LogP) is 2.75. The van der Waals surface area contributed by atoms with Crippen LogP contribution in [-0.2, 0) is 0 Å². The van der Waals surface area contributed by atoms with Crippen LogP contribution in [0.3, 0.4) is 0 Å². The third-order valence-corrected chi connectivity index (χ3v) is 3.46. The van der Waals surface area contributed by atoms with Gasteiger partial charge in [0, 0.05) is 19.8 Å². The molecule has 0 saturated carbocycles. The van der Waals surface area contributed by atoms with Gasteiger partial charge in [0.2, 0.25) is 0 Å². The standard InChI is InChI=1S/C16H20FN3/c1-11-4-7-13(17)10-15(11)16(19-18)12-5-8-14(9-6-12)20(2)3/h4-10,16,19H,18H2,1-3H3. The van der Waals surface area contributed by atoms with Crippen LogP contribution in [0.15, 0.2) is 42.5 Å². The van der Waals surface area contributed by atoms with Gasteiger partial charge in [0.25, 0.3) is 0 Å². The average Bonchev–Trinajstić information content (AvgIpc) is 2.44. The second-order valence-electron chi connectivity index (χ2n) is 5.09. The van der Waals surface area contributed by atoms with E-state index in [1.165, 1.54) is 12.1 Å². The number of nitrogens with two attached hydrogens (primary N) is 1. The second kappa shape index (κ2) is 6.03. The summed E-state index contributed by atoms with van der Waals surface area (Å²) in [5.41, 5.74) is 6.75. The molecule has 3 nitrogen and oxygen atoms in total. The number of nitrogens with one attached hydrogen (secondary N) is 1. The zero-order valence-electron chi connectivity index (χ0n) is 12.0. The number of hydrazine groups is 1. The maximum atomic E-state index is 13.5. The molecule has 0 aromatic heterocycles. The fourth-order valence-corrected chi connectivity index (χ4v) is 2.25. The van der Waals surface area contributed by atoms with Crippen molar-refractivity contribution in [2.24, 2.45) is 5.84 Å². The molecular formula is C16H20FN3. The largest absolute Gasteiger partial charge is 0.378 e. The molecule has 0 saturated heterocycles. The number of anilines is 1. The minimum Gasteiger partial charge on any atom is -0.378 e. The SMILES string of the molecule is Cc1ccc(F)cc1C(NN)c1ccc(N(C)C)cc1. The Morgan fingerprint density at radius 2 is 1.75 bits per heavy atom. The first-order valence-electron chi connectivity index (χ1n) is 6.52. The van der Waals surface area contributed by atoms with E-state index in [1.54, 1.807) is 6.07 Å². The van der Waals surface area contributed by atoms with Gasteiger partial charge in [-0.2, -0.15) is 0 Å². The molecular weight excluding hydrogens is 253 g/mol. The first kappa shape index (κ1) is 14.5. The number of benzene rings is 2. The molecule has 0 spiro atoms. The van der Waals surface area contributed by atoms with Crippen molar-refractivity contribution in [3.8, 4) is 0 Å². The van der Waals surface area contributed by atoms with E-state index in [1.807, 2.05) is 50.2 Å². The summed E-state index contributed by atoms with van der Waals surface area (Å²) in [6, 6.07) is 12.6. The minimum atomic E-state index is -0.254. The molecule has 2 rings (SSSR count). The lowest BCUT2D eigenvalue weighted by Gasteiger charge is -2.20. The molecule has 1 unspecified atom stereocenters. The van der Waals surface area contributed by atoms with Gasteiger partial charge in [-0.05, 0) is 47.9 Å². The van der Waals surface area contributed by atoms with Gasteiger partial charge in [-0.1, -0.05) is 18.2 Å². The lowest BCUT2D eigenvalue weighted by atomic mass is 9.95. The van der Waals surface area contributed by atoms with Crippen LogP contribution < -0.4 is 16.2 Å². The lowest BCUT2D eigenvalue weighted by Crippen LogP contribution is -2.29. The first-order valence-corrected chi connectivity index (χ1v) is 6.52. The quantitative estimate of drug-likeness (QED) is 0.665. The molecule has 0 aliphatic carbocycles. The van der Waals surface area contributed by atoms with Crippen molar-refractivity contribution in [3.63, 3.8) is 0 Å². The monoisotopic (exact) mass is 273 g/mol. The summed E-state index contributed by atoms with van der Waals surface area (Å²) in [6.45, 7) is 1.95. The second-order valence-corrected chi connectivity index (χ2v) is 5.09. The maximum Gasteiger partial charge on any atom is 0.123 e. The van der Waals surface area contributed by atoms with Gasteiger partial charge in [-0.25, -0.2) is 9.82 Å². The Balaban J connectivity index is 2.39. The third-order valence-electron chi connectivity index (χ3n) is 3.46. The molecule has 1 atom stereocenters. The van der Waals surface area contributed by atoms with Gasteiger partial charge >= 0.3 is 0 Å². The zero-order chi connectivity index (χ0) is 14.7. The molecule has 2 aromatic carbocycles. The molecule has 0 heterocycles. The van der Waals surface area contributed by atoms with Gasteiger partial charge < -0.3 is 4.90 Å². The lowest BCUT2D eigenvalue weighted by molar-refractivity contribution is 0.603. The maximum absolute atomic E-state index is 13.5. The molecule has 20 heavy (non-hydrogen) atoms. The summed E-state index contributed by atoms with van der Waals surface area (Å²) in [5, 5.41) is 0. The summed E-state index contributed by atoms with van der Waals surface area (Å²) in [4.78, 5) is 2.03. The summed E-state index contributed by atoms with van der Waals surface area (Å²) in [6.07, 6.45) is 0. The van der Waals surface area contributed by atoms with Crippen molar-refractivity contribution in [1.29, 1.82) is 0 Å². The van der Waals surface area contributed by atoms with E-state index in [-0.39, 0.29) is 11.9 Å². The number of rotatable bonds is 4. The van der Waals surface area contributed by atoms with Gasteiger partial charge in [-0.3, -0.25) is 5.84 Å². The molecule has 4 heteroatoms. The Bertz CT molecular complexity index is 579. The van der Waals surface area contributed by atoms with Crippen LogP contribution in [0.1, 0.15) is 22.7 Å². The van der Waals surface area contributed by atoms with Crippen LogP contribution in [0.5, 0.6) is 0 Å². The van der Waals surface area contributed by atoms with Crippen LogP contribution >= 0.6 is 0 Å². The highest BCUT2D eigenvalue weighted by Gasteiger charge is 2.15. The van der Waals surface area contributed by atoms with Crippen molar-refractivity contribution >= 4 is 5.69 Å². The molecule has 0 aliphatic rings. The van der Waals surface area contributed by atoms with Crippen LogP contribution in [0.2, 0.25) is 0 Å². The number of nitrogens with zero attached hydrogens (tertiary/aromatic N) is 1. The average molecular weight is 273 g/mol. The summed E-state index contributed by atoms with van der Waals surface area (Å²) in [7, 11) is 3.98. The van der Waals surface area contributed by atoms with Crippen LogP contribution in [-0.4, -0.2) is 14.1 Å². The minimum absolute atomic E-state index is 0.220. The van der Waals surface area contributed by atoms with E-state index in [0.29, 0.717) is 0 Å². The van der Waals surface area contributed by atoms with Gasteiger partial charge in [-0.15, -0.1) is 0 Å². The molecule has 0 aliphatic heterocycles. The topological polar surface area (TPSA) is 41.3 Å². The Kier molecular flexibility index (Phi) is 4.37. The Labute approximate surface area is 119 Å². The van der Waals surface area contributed by atoms with Crippen LogP contribution in [0.4, 0.5) is 10.1 Å². The van der Waals surface area contributed by atoms with E-state index >= 15 is 0 Å². The molecule has 0 fully saturated rings. The molecule has 3 N–H and O–H groups in total. The molecule has 106 valence electrons. The third kappa shape index (κ3) is 2.98. The predicted molar refractivity (Wildman–Crippen MR) is 81.1 cm³/mol. The highest BCUT2D eigenvalue weighted by atomic mass is 19.1. The van der Waals surface area contributed by atoms with Crippen molar-refractivity contribution in [2.45, 2.75) is 13.0 Å². The van der Waals surface area contributed by atoms with E-state index < -0.39 is 0 Å². The van der Waals surface area contributed by atoms with E-state index in [0.717, 1.165) is 22.4 Å². The van der Waals surface area contributed by atoms with E-state index in [4.69, 9.17) is 5.84 Å². The van der Waals surface area contributed by atoms with E-state index in [9.17, 15) is 4.39 Å². The van der Waals surface area contributed by atoms with Crippen molar-refractivity contribution in [3.05, 3.63) is 65.0 Å². The molecule has 0 bridgehead atoms. The fourth-order valence-electron chi connectivity index (χ4n) is 2.25. The van der Waals surface area contributed by atoms with Gasteiger partial charge in [0.1, 0.15) is 5.82 Å². The molecule has 0 radical (unpaired) electrons. The Hall–Kier alpha value is -1.91. The normalized spacial score (nSPS) is 12.2. The Morgan fingerprint density at radius 1 is 1.10 bits per heavy atom. The summed E-state index contributed by atoms with van der Waals surface area (Å²) in [5.74, 6) is 5.42. The van der Waals surface area contributed by atoms with Gasteiger partial charge in [0.05, 0.1) is 6.04 Å². The first-order chi connectivity index (χ1) is 9.52.